The topological polar surface area (TPSA) is 66.5 Å². The van der Waals surface area contributed by atoms with Gasteiger partial charge in [-0.25, -0.2) is 12.7 Å². The molecule has 1 heterocycles. The summed E-state index contributed by atoms with van der Waals surface area (Å²) in [4.78, 5) is 12.3. The van der Waals surface area contributed by atoms with Crippen molar-refractivity contribution in [1.82, 2.24) is 9.62 Å². The quantitative estimate of drug-likeness (QED) is 0.844. The number of nitrogens with zero attached hydrogens (tertiary/aromatic N) is 1. The Kier molecular flexibility index (Phi) is 3.79. The molecule has 0 aromatic carbocycles. The van der Waals surface area contributed by atoms with Crippen LogP contribution in [0.3, 0.4) is 0 Å². The van der Waals surface area contributed by atoms with Gasteiger partial charge in [0.2, 0.25) is 15.9 Å². The molecule has 0 aromatic heterocycles. The van der Waals surface area contributed by atoms with Gasteiger partial charge in [0.15, 0.2) is 0 Å². The molecule has 3 atom stereocenters. The van der Waals surface area contributed by atoms with Gasteiger partial charge in [-0.1, -0.05) is 6.42 Å². The molecule has 1 aliphatic heterocycles. The second kappa shape index (κ2) is 5.30. The molecule has 20 heavy (non-hydrogen) atoms. The lowest BCUT2D eigenvalue weighted by atomic mass is 9.93. The number of amides is 1. The maximum Gasteiger partial charge on any atom is 0.223 e. The van der Waals surface area contributed by atoms with Crippen molar-refractivity contribution in [1.29, 1.82) is 0 Å². The van der Waals surface area contributed by atoms with Gasteiger partial charge >= 0.3 is 0 Å². The molecule has 1 N–H and O–H groups in total. The van der Waals surface area contributed by atoms with Crippen molar-refractivity contribution >= 4 is 15.9 Å². The van der Waals surface area contributed by atoms with E-state index in [1.165, 1.54) is 29.8 Å². The van der Waals surface area contributed by atoms with Gasteiger partial charge < -0.3 is 5.32 Å². The van der Waals surface area contributed by atoms with Crippen LogP contribution in [0.15, 0.2) is 0 Å². The molecule has 0 radical (unpaired) electrons. The highest BCUT2D eigenvalue weighted by molar-refractivity contribution is 7.88. The van der Waals surface area contributed by atoms with E-state index in [0.717, 1.165) is 12.3 Å². The van der Waals surface area contributed by atoms with Crippen molar-refractivity contribution in [2.75, 3.05) is 19.3 Å². The van der Waals surface area contributed by atoms with Crippen LogP contribution in [0.5, 0.6) is 0 Å². The molecule has 3 rings (SSSR count). The smallest absolute Gasteiger partial charge is 0.223 e. The summed E-state index contributed by atoms with van der Waals surface area (Å²) in [6.45, 7) is 0.960. The first kappa shape index (κ1) is 14.3. The van der Waals surface area contributed by atoms with Gasteiger partial charge in [-0.2, -0.15) is 0 Å². The van der Waals surface area contributed by atoms with Crippen LogP contribution in [0.1, 0.15) is 38.5 Å². The number of fused-ring (bicyclic) bond motifs is 2. The normalized spacial score (nSPS) is 35.4. The summed E-state index contributed by atoms with van der Waals surface area (Å²) in [6, 6.07) is 0.384. The third-order valence-electron chi connectivity index (χ3n) is 5.36. The molecule has 2 aliphatic carbocycles. The second-order valence-corrected chi connectivity index (χ2v) is 8.71. The molecule has 3 aliphatic rings. The first-order chi connectivity index (χ1) is 9.43. The van der Waals surface area contributed by atoms with Crippen molar-refractivity contribution in [2.45, 2.75) is 44.6 Å². The van der Waals surface area contributed by atoms with Crippen molar-refractivity contribution in [2.24, 2.45) is 17.8 Å². The molecule has 0 spiro atoms. The van der Waals surface area contributed by atoms with Crippen molar-refractivity contribution in [3.63, 3.8) is 0 Å². The summed E-state index contributed by atoms with van der Waals surface area (Å²) >= 11 is 0. The van der Waals surface area contributed by atoms with E-state index in [1.807, 2.05) is 0 Å². The lowest BCUT2D eigenvalue weighted by Crippen LogP contribution is -2.46. The van der Waals surface area contributed by atoms with E-state index in [2.05, 4.69) is 5.32 Å². The third kappa shape index (κ3) is 2.86. The number of hydrogen-bond donors (Lipinski definition) is 1. The van der Waals surface area contributed by atoms with Gasteiger partial charge in [-0.05, 0) is 43.9 Å². The number of carbonyl (C=O) groups is 1. The molecule has 6 heteroatoms. The minimum Gasteiger partial charge on any atom is -0.353 e. The van der Waals surface area contributed by atoms with Crippen LogP contribution in [0.25, 0.3) is 0 Å². The molecule has 2 bridgehead atoms. The Morgan fingerprint density at radius 3 is 2.30 bits per heavy atom. The Bertz CT molecular complexity index is 483. The Hall–Kier alpha value is -0.620. The fraction of sp³-hybridized carbons (Fsp3) is 0.929. The van der Waals surface area contributed by atoms with Crippen LogP contribution in [0.4, 0.5) is 0 Å². The minimum absolute atomic E-state index is 0.00729. The van der Waals surface area contributed by atoms with E-state index in [0.29, 0.717) is 37.9 Å². The van der Waals surface area contributed by atoms with E-state index in [9.17, 15) is 13.2 Å². The number of nitrogens with one attached hydrogen (secondary N) is 1. The Balaban J connectivity index is 1.50. The Labute approximate surface area is 121 Å². The van der Waals surface area contributed by atoms with Gasteiger partial charge in [0.1, 0.15) is 0 Å². The number of carbonyl (C=O) groups excluding carboxylic acids is 1. The SMILES string of the molecule is CS(=O)(=O)N1CCC(C(=O)N[C@H]2C[C@H]3CC[C@@H]2C3)CC1. The van der Waals surface area contributed by atoms with Crippen molar-refractivity contribution in [3.05, 3.63) is 0 Å². The molecular formula is C14H24N2O3S. The highest BCUT2D eigenvalue weighted by Crippen LogP contribution is 2.44. The zero-order chi connectivity index (χ0) is 14.3. The van der Waals surface area contributed by atoms with E-state index in [4.69, 9.17) is 0 Å². The highest BCUT2D eigenvalue weighted by atomic mass is 32.2. The van der Waals surface area contributed by atoms with Crippen molar-refractivity contribution in [3.8, 4) is 0 Å². The van der Waals surface area contributed by atoms with E-state index in [1.54, 1.807) is 0 Å². The lowest BCUT2D eigenvalue weighted by molar-refractivity contribution is -0.127. The second-order valence-electron chi connectivity index (χ2n) is 6.73. The van der Waals surface area contributed by atoms with Crippen molar-refractivity contribution < 1.29 is 13.2 Å². The van der Waals surface area contributed by atoms with E-state index >= 15 is 0 Å². The van der Waals surface area contributed by atoms with E-state index in [-0.39, 0.29) is 11.8 Å². The Morgan fingerprint density at radius 2 is 1.80 bits per heavy atom. The number of hydrogen-bond acceptors (Lipinski definition) is 3. The van der Waals surface area contributed by atoms with Gasteiger partial charge in [0, 0.05) is 25.0 Å². The Morgan fingerprint density at radius 1 is 1.10 bits per heavy atom. The van der Waals surface area contributed by atoms with Crippen LogP contribution < -0.4 is 5.32 Å². The van der Waals surface area contributed by atoms with Gasteiger partial charge in [0.25, 0.3) is 0 Å². The monoisotopic (exact) mass is 300 g/mol. The molecule has 5 nitrogen and oxygen atoms in total. The number of sulfonamides is 1. The first-order valence-corrected chi connectivity index (χ1v) is 9.54. The first-order valence-electron chi connectivity index (χ1n) is 7.69. The maximum atomic E-state index is 12.3. The highest BCUT2D eigenvalue weighted by Gasteiger charge is 2.41. The largest absolute Gasteiger partial charge is 0.353 e. The maximum absolute atomic E-state index is 12.3. The van der Waals surface area contributed by atoms with Gasteiger partial charge in [-0.3, -0.25) is 4.79 Å². The zero-order valence-corrected chi connectivity index (χ0v) is 12.9. The zero-order valence-electron chi connectivity index (χ0n) is 12.0. The average Bonchev–Trinajstić information content (AvgIpc) is 3.00. The van der Waals surface area contributed by atoms with Crippen LogP contribution in [-0.4, -0.2) is 44.0 Å². The molecular weight excluding hydrogens is 276 g/mol. The number of piperidine rings is 1. The average molecular weight is 300 g/mol. The van der Waals surface area contributed by atoms with Crippen LogP contribution in [-0.2, 0) is 14.8 Å². The molecule has 114 valence electrons. The molecule has 1 amide bonds. The fourth-order valence-electron chi connectivity index (χ4n) is 4.17. The fourth-order valence-corrected chi connectivity index (χ4v) is 5.05. The minimum atomic E-state index is -3.10. The van der Waals surface area contributed by atoms with Crippen LogP contribution in [0.2, 0.25) is 0 Å². The van der Waals surface area contributed by atoms with Crippen LogP contribution >= 0.6 is 0 Å². The summed E-state index contributed by atoms with van der Waals surface area (Å²) < 4.78 is 24.4. The number of rotatable bonds is 3. The molecule has 0 unspecified atom stereocenters. The lowest BCUT2D eigenvalue weighted by Gasteiger charge is -2.31. The summed E-state index contributed by atoms with van der Waals surface area (Å²) in [7, 11) is -3.10. The molecule has 1 saturated heterocycles. The predicted molar refractivity (Wildman–Crippen MR) is 76.5 cm³/mol. The molecule has 0 aromatic rings. The third-order valence-corrected chi connectivity index (χ3v) is 6.66. The van der Waals surface area contributed by atoms with Crippen LogP contribution in [0, 0.1) is 17.8 Å². The molecule has 3 fully saturated rings. The van der Waals surface area contributed by atoms with E-state index < -0.39 is 10.0 Å². The summed E-state index contributed by atoms with van der Waals surface area (Å²) in [5.74, 6) is 1.67. The summed E-state index contributed by atoms with van der Waals surface area (Å²) in [5, 5.41) is 3.23. The summed E-state index contributed by atoms with van der Waals surface area (Å²) in [6.07, 6.45) is 7.59. The summed E-state index contributed by atoms with van der Waals surface area (Å²) in [5.41, 5.74) is 0. The predicted octanol–water partition coefficient (Wildman–Crippen LogP) is 0.963. The molecule has 2 saturated carbocycles. The standard InChI is InChI=1S/C14H24N2O3S/c1-20(18,19)16-6-4-11(5-7-16)14(17)15-13-9-10-2-3-12(13)8-10/h10-13H,2-9H2,1H3,(H,15,17)/t10-,12+,13-/m0/s1. The van der Waals surface area contributed by atoms with Gasteiger partial charge in [0.05, 0.1) is 6.26 Å². The van der Waals surface area contributed by atoms with Gasteiger partial charge in [-0.15, -0.1) is 0 Å².